The molecule has 0 bridgehead atoms. The van der Waals surface area contributed by atoms with E-state index in [1.807, 2.05) is 0 Å². The quantitative estimate of drug-likeness (QED) is 0.819. The highest BCUT2D eigenvalue weighted by Gasteiger charge is 2.04. The van der Waals surface area contributed by atoms with Crippen molar-refractivity contribution in [3.63, 3.8) is 0 Å². The van der Waals surface area contributed by atoms with Gasteiger partial charge in [0.2, 0.25) is 5.89 Å². The summed E-state index contributed by atoms with van der Waals surface area (Å²) in [5, 5.41) is 7.94. The zero-order valence-electron chi connectivity index (χ0n) is 6.98. The largest absolute Gasteiger partial charge is 0.404 e. The summed E-state index contributed by atoms with van der Waals surface area (Å²) < 4.78 is 5.02. The highest BCUT2D eigenvalue weighted by Crippen LogP contribution is 2.20. The van der Waals surface area contributed by atoms with Crippen LogP contribution >= 0.6 is 24.0 Å². The summed E-state index contributed by atoms with van der Waals surface area (Å²) in [6.07, 6.45) is 0. The lowest BCUT2D eigenvalue weighted by molar-refractivity contribution is 0.590. The smallest absolute Gasteiger partial charge is 0.313 e. The Morgan fingerprint density at radius 3 is 2.29 bits per heavy atom. The van der Waals surface area contributed by atoms with Gasteiger partial charge in [0.25, 0.3) is 0 Å². The van der Waals surface area contributed by atoms with Gasteiger partial charge in [-0.05, 0) is 24.3 Å². The van der Waals surface area contributed by atoms with E-state index in [0.717, 1.165) is 5.56 Å². The van der Waals surface area contributed by atoms with Gasteiger partial charge in [-0.2, -0.15) is 0 Å². The molecular formula is C8H7Cl2N3O. The summed E-state index contributed by atoms with van der Waals surface area (Å²) >= 11 is 5.71. The predicted molar refractivity (Wildman–Crippen MR) is 56.4 cm³/mol. The van der Waals surface area contributed by atoms with E-state index in [0.29, 0.717) is 10.9 Å². The van der Waals surface area contributed by atoms with E-state index in [1.54, 1.807) is 24.3 Å². The molecule has 1 heterocycles. The third kappa shape index (κ3) is 2.16. The molecule has 0 saturated carbocycles. The normalized spacial score (nSPS) is 9.50. The molecule has 1 aromatic carbocycles. The minimum absolute atomic E-state index is 0. The van der Waals surface area contributed by atoms with Crippen molar-refractivity contribution < 1.29 is 4.42 Å². The first-order valence-electron chi connectivity index (χ1n) is 3.60. The van der Waals surface area contributed by atoms with E-state index in [1.165, 1.54) is 0 Å². The number of benzene rings is 1. The fraction of sp³-hybridized carbons (Fsp3) is 0. The van der Waals surface area contributed by atoms with E-state index >= 15 is 0 Å². The highest BCUT2D eigenvalue weighted by molar-refractivity contribution is 6.30. The minimum Gasteiger partial charge on any atom is -0.404 e. The average Bonchev–Trinajstić information content (AvgIpc) is 2.53. The van der Waals surface area contributed by atoms with Gasteiger partial charge < -0.3 is 10.2 Å². The molecule has 2 rings (SSSR count). The van der Waals surface area contributed by atoms with Crippen LogP contribution in [0, 0.1) is 0 Å². The van der Waals surface area contributed by atoms with E-state index in [9.17, 15) is 0 Å². The van der Waals surface area contributed by atoms with Gasteiger partial charge in [-0.15, -0.1) is 17.5 Å². The molecule has 0 spiro atoms. The third-order valence-corrected chi connectivity index (χ3v) is 1.78. The Kier molecular flexibility index (Phi) is 3.33. The maximum atomic E-state index is 5.71. The van der Waals surface area contributed by atoms with E-state index in [2.05, 4.69) is 10.2 Å². The average molecular weight is 232 g/mol. The highest BCUT2D eigenvalue weighted by atomic mass is 35.5. The molecule has 0 saturated heterocycles. The third-order valence-electron chi connectivity index (χ3n) is 1.53. The Bertz CT molecular complexity index is 413. The molecule has 0 amide bonds. The van der Waals surface area contributed by atoms with E-state index in [-0.39, 0.29) is 18.4 Å². The van der Waals surface area contributed by atoms with Crippen molar-refractivity contribution in [2.24, 2.45) is 0 Å². The number of hydrogen-bond acceptors (Lipinski definition) is 4. The molecule has 0 atom stereocenters. The SMILES string of the molecule is Cl.Nc1nnc(-c2ccc(Cl)cc2)o1. The van der Waals surface area contributed by atoms with Crippen LogP contribution in [0.2, 0.25) is 5.02 Å². The Balaban J connectivity index is 0.000000980. The molecule has 4 nitrogen and oxygen atoms in total. The van der Waals surface area contributed by atoms with Crippen LogP contribution in [0.4, 0.5) is 6.01 Å². The molecule has 0 radical (unpaired) electrons. The second-order valence-corrected chi connectivity index (χ2v) is 2.89. The van der Waals surface area contributed by atoms with Crippen molar-refractivity contribution in [3.8, 4) is 11.5 Å². The van der Waals surface area contributed by atoms with Gasteiger partial charge in [0.1, 0.15) is 0 Å². The fourth-order valence-electron chi connectivity index (χ4n) is 0.944. The summed E-state index contributed by atoms with van der Waals surface area (Å²) in [7, 11) is 0. The summed E-state index contributed by atoms with van der Waals surface area (Å²) in [5.74, 6) is 0.397. The number of nitrogens with two attached hydrogens (primary N) is 1. The first-order valence-corrected chi connectivity index (χ1v) is 3.98. The number of anilines is 1. The van der Waals surface area contributed by atoms with Crippen LogP contribution in [-0.2, 0) is 0 Å². The number of halogens is 2. The number of aromatic nitrogens is 2. The van der Waals surface area contributed by atoms with Crippen molar-refractivity contribution >= 4 is 30.0 Å². The molecule has 1 aromatic heterocycles. The van der Waals surface area contributed by atoms with Gasteiger partial charge in [-0.3, -0.25) is 0 Å². The predicted octanol–water partition coefficient (Wildman–Crippen LogP) is 2.39. The van der Waals surface area contributed by atoms with Gasteiger partial charge in [-0.1, -0.05) is 16.7 Å². The van der Waals surface area contributed by atoms with Crippen LogP contribution in [0.3, 0.4) is 0 Å². The molecule has 0 fully saturated rings. The van der Waals surface area contributed by atoms with Gasteiger partial charge in [-0.25, -0.2) is 0 Å². The molecule has 0 aliphatic heterocycles. The van der Waals surface area contributed by atoms with Gasteiger partial charge in [0.15, 0.2) is 0 Å². The van der Waals surface area contributed by atoms with Crippen LogP contribution in [0.1, 0.15) is 0 Å². The molecule has 2 N–H and O–H groups in total. The van der Waals surface area contributed by atoms with Crippen LogP contribution in [-0.4, -0.2) is 10.2 Å². The zero-order valence-corrected chi connectivity index (χ0v) is 8.55. The first-order chi connectivity index (χ1) is 6.25. The minimum atomic E-state index is 0. The van der Waals surface area contributed by atoms with Crippen LogP contribution in [0.25, 0.3) is 11.5 Å². The molecule has 0 aliphatic rings. The second-order valence-electron chi connectivity index (χ2n) is 2.45. The lowest BCUT2D eigenvalue weighted by Crippen LogP contribution is -1.81. The molecule has 6 heteroatoms. The Morgan fingerprint density at radius 2 is 1.79 bits per heavy atom. The van der Waals surface area contributed by atoms with Gasteiger partial charge in [0.05, 0.1) is 0 Å². The molecule has 0 unspecified atom stereocenters. The Morgan fingerprint density at radius 1 is 1.14 bits per heavy atom. The number of nitrogens with zero attached hydrogens (tertiary/aromatic N) is 2. The first kappa shape index (κ1) is 10.8. The monoisotopic (exact) mass is 231 g/mol. The summed E-state index contributed by atoms with van der Waals surface area (Å²) in [4.78, 5) is 0. The zero-order chi connectivity index (χ0) is 9.26. The Labute approximate surface area is 91.5 Å². The maximum absolute atomic E-state index is 5.71. The fourth-order valence-corrected chi connectivity index (χ4v) is 1.07. The van der Waals surface area contributed by atoms with Crippen LogP contribution < -0.4 is 5.73 Å². The lowest BCUT2D eigenvalue weighted by Gasteiger charge is -1.93. The lowest BCUT2D eigenvalue weighted by atomic mass is 10.2. The van der Waals surface area contributed by atoms with E-state index < -0.39 is 0 Å². The summed E-state index contributed by atoms with van der Waals surface area (Å²) in [5.41, 5.74) is 6.08. The van der Waals surface area contributed by atoms with Crippen molar-refractivity contribution in [1.29, 1.82) is 0 Å². The molecule has 2 aromatic rings. The number of nitrogen functional groups attached to an aromatic ring is 1. The maximum Gasteiger partial charge on any atom is 0.313 e. The van der Waals surface area contributed by atoms with Crippen molar-refractivity contribution in [1.82, 2.24) is 10.2 Å². The van der Waals surface area contributed by atoms with Gasteiger partial charge >= 0.3 is 6.01 Å². The Hall–Kier alpha value is -1.26. The standard InChI is InChI=1S/C8H6ClN3O.ClH/c9-6-3-1-5(2-4-6)7-11-12-8(10)13-7;/h1-4H,(H2,10,12);1H. The van der Waals surface area contributed by atoms with Gasteiger partial charge in [0, 0.05) is 10.6 Å². The van der Waals surface area contributed by atoms with E-state index in [4.69, 9.17) is 21.8 Å². The molecular weight excluding hydrogens is 225 g/mol. The molecule has 74 valence electrons. The van der Waals surface area contributed by atoms with Crippen LogP contribution in [0.5, 0.6) is 0 Å². The number of hydrogen-bond donors (Lipinski definition) is 1. The molecule has 0 aliphatic carbocycles. The molecule has 14 heavy (non-hydrogen) atoms. The van der Waals surface area contributed by atoms with Crippen molar-refractivity contribution in [2.75, 3.05) is 5.73 Å². The summed E-state index contributed by atoms with van der Waals surface area (Å²) in [6, 6.07) is 7.13. The topological polar surface area (TPSA) is 64.9 Å². The number of rotatable bonds is 1. The second kappa shape index (κ2) is 4.30. The summed E-state index contributed by atoms with van der Waals surface area (Å²) in [6.45, 7) is 0. The van der Waals surface area contributed by atoms with Crippen LogP contribution in [0.15, 0.2) is 28.7 Å². The van der Waals surface area contributed by atoms with Crippen molar-refractivity contribution in [3.05, 3.63) is 29.3 Å². The van der Waals surface area contributed by atoms with Crippen molar-refractivity contribution in [2.45, 2.75) is 0 Å².